The maximum atomic E-state index is 12.7. The molecule has 3 aromatic rings. The molecule has 0 spiro atoms. The third-order valence-electron chi connectivity index (χ3n) is 4.49. The van der Waals surface area contributed by atoms with Crippen LogP contribution in [0.4, 0.5) is 5.69 Å². The van der Waals surface area contributed by atoms with Crippen LogP contribution in [0.15, 0.2) is 58.9 Å². The predicted molar refractivity (Wildman–Crippen MR) is 110 cm³/mol. The van der Waals surface area contributed by atoms with E-state index in [1.807, 2.05) is 0 Å². The number of carbonyl (C=O) groups is 3. The molecule has 0 atom stereocenters. The minimum atomic E-state index is -3.86. The molecular weight excluding hydrogens is 426 g/mol. The lowest BCUT2D eigenvalue weighted by Gasteiger charge is -2.11. The number of nitrogens with zero attached hydrogens (tertiary/aromatic N) is 2. The molecule has 0 saturated carbocycles. The number of benzene rings is 1. The van der Waals surface area contributed by atoms with E-state index in [-0.39, 0.29) is 27.8 Å². The number of hydrogen-bond donors (Lipinski definition) is 1. The number of imide groups is 1. The normalized spacial score (nSPS) is 13.4. The van der Waals surface area contributed by atoms with Crippen molar-refractivity contribution in [2.45, 2.75) is 17.7 Å². The quantitative estimate of drug-likeness (QED) is 0.465. The van der Waals surface area contributed by atoms with Gasteiger partial charge < -0.3 is 0 Å². The Labute approximate surface area is 176 Å². The molecule has 4 rings (SSSR count). The number of fused-ring (bicyclic) bond motifs is 1. The molecule has 0 bridgehead atoms. The average molecular weight is 441 g/mol. The first kappa shape index (κ1) is 19.9. The molecule has 2 amide bonds. The summed E-state index contributed by atoms with van der Waals surface area (Å²) < 4.78 is 27.8. The zero-order valence-electron chi connectivity index (χ0n) is 15.7. The van der Waals surface area contributed by atoms with Gasteiger partial charge in [-0.3, -0.25) is 29.0 Å². The van der Waals surface area contributed by atoms with Gasteiger partial charge in [-0.05, 0) is 55.5 Å². The number of ketones is 1. The fraction of sp³-hybridized carbons (Fsp3) is 0.100. The standard InChI is InChI=1S/C20H15N3O5S2/c1-12(24)13-4-6-14(7-5-13)22-30(27,28)17-9-8-15(29-17)11-23-19(25)16-3-2-10-21-18(16)20(23)26/h2-10,22H,11H2,1H3. The van der Waals surface area contributed by atoms with Gasteiger partial charge in [0.1, 0.15) is 9.90 Å². The summed E-state index contributed by atoms with van der Waals surface area (Å²) in [5.41, 5.74) is 1.14. The molecule has 8 nitrogen and oxygen atoms in total. The molecule has 10 heteroatoms. The van der Waals surface area contributed by atoms with E-state index >= 15 is 0 Å². The molecule has 30 heavy (non-hydrogen) atoms. The molecule has 1 N–H and O–H groups in total. The topological polar surface area (TPSA) is 114 Å². The van der Waals surface area contributed by atoms with Gasteiger partial charge >= 0.3 is 0 Å². The Balaban J connectivity index is 1.50. The number of amides is 2. The van der Waals surface area contributed by atoms with Gasteiger partial charge in [-0.1, -0.05) is 0 Å². The zero-order valence-corrected chi connectivity index (χ0v) is 17.3. The van der Waals surface area contributed by atoms with Crippen LogP contribution in [0.2, 0.25) is 0 Å². The smallest absolute Gasteiger partial charge is 0.280 e. The molecule has 1 aromatic carbocycles. The maximum absolute atomic E-state index is 12.7. The number of pyridine rings is 1. The van der Waals surface area contributed by atoms with Crippen LogP contribution in [0.1, 0.15) is 43.0 Å². The van der Waals surface area contributed by atoms with Crippen molar-refractivity contribution in [2.24, 2.45) is 0 Å². The van der Waals surface area contributed by atoms with Crippen LogP contribution < -0.4 is 4.72 Å². The third kappa shape index (κ3) is 3.62. The molecule has 3 heterocycles. The molecule has 2 aromatic heterocycles. The van der Waals surface area contributed by atoms with Crippen LogP contribution in [0.5, 0.6) is 0 Å². The summed E-state index contributed by atoms with van der Waals surface area (Å²) in [5.74, 6) is -1.07. The number of sulfonamides is 1. The summed E-state index contributed by atoms with van der Waals surface area (Å²) in [4.78, 5) is 41.7. The minimum Gasteiger partial charge on any atom is -0.295 e. The van der Waals surface area contributed by atoms with Crippen LogP contribution in [0, 0.1) is 0 Å². The molecular formula is C20H15N3O5S2. The lowest BCUT2D eigenvalue weighted by atomic mass is 10.1. The summed E-state index contributed by atoms with van der Waals surface area (Å²) in [6.45, 7) is 1.39. The highest BCUT2D eigenvalue weighted by atomic mass is 32.2. The van der Waals surface area contributed by atoms with Gasteiger partial charge in [0, 0.05) is 22.3 Å². The van der Waals surface area contributed by atoms with Crippen molar-refractivity contribution < 1.29 is 22.8 Å². The average Bonchev–Trinajstić information content (AvgIpc) is 3.29. The molecule has 1 aliphatic rings. The van der Waals surface area contributed by atoms with E-state index in [2.05, 4.69) is 9.71 Å². The Morgan fingerprint density at radius 3 is 2.47 bits per heavy atom. The van der Waals surface area contributed by atoms with E-state index < -0.39 is 21.8 Å². The van der Waals surface area contributed by atoms with Crippen molar-refractivity contribution in [1.82, 2.24) is 9.88 Å². The van der Waals surface area contributed by atoms with Crippen molar-refractivity contribution in [3.63, 3.8) is 0 Å². The highest BCUT2D eigenvalue weighted by Gasteiger charge is 2.36. The van der Waals surface area contributed by atoms with E-state index in [1.165, 1.54) is 49.5 Å². The first-order valence-corrected chi connectivity index (χ1v) is 11.1. The van der Waals surface area contributed by atoms with E-state index in [1.54, 1.807) is 12.1 Å². The summed E-state index contributed by atoms with van der Waals surface area (Å²) in [6.07, 6.45) is 1.44. The van der Waals surface area contributed by atoms with Crippen molar-refractivity contribution in [3.05, 3.63) is 76.4 Å². The molecule has 1 aliphatic heterocycles. The van der Waals surface area contributed by atoms with Gasteiger partial charge in [0.05, 0.1) is 12.1 Å². The lowest BCUT2D eigenvalue weighted by Crippen LogP contribution is -2.28. The number of Topliss-reactive ketones (excluding diaryl/α,β-unsaturated/α-hetero) is 1. The van der Waals surface area contributed by atoms with E-state index in [9.17, 15) is 22.8 Å². The molecule has 0 fully saturated rings. The Bertz CT molecular complexity index is 1240. The van der Waals surface area contributed by atoms with Crippen molar-refractivity contribution in [2.75, 3.05) is 4.72 Å². The van der Waals surface area contributed by atoms with Gasteiger partial charge in [-0.2, -0.15) is 0 Å². The molecule has 0 saturated heterocycles. The number of carbonyl (C=O) groups excluding carboxylic acids is 3. The van der Waals surface area contributed by atoms with Crippen LogP contribution in [0.3, 0.4) is 0 Å². The molecule has 0 radical (unpaired) electrons. The zero-order chi connectivity index (χ0) is 21.5. The minimum absolute atomic E-state index is 0.0402. The lowest BCUT2D eigenvalue weighted by molar-refractivity contribution is 0.0641. The second-order valence-electron chi connectivity index (χ2n) is 6.56. The monoisotopic (exact) mass is 441 g/mol. The summed E-state index contributed by atoms with van der Waals surface area (Å²) >= 11 is 0.966. The molecule has 152 valence electrons. The van der Waals surface area contributed by atoms with Crippen molar-refractivity contribution in [3.8, 4) is 0 Å². The number of thiophene rings is 1. The van der Waals surface area contributed by atoms with E-state index in [4.69, 9.17) is 0 Å². The van der Waals surface area contributed by atoms with Gasteiger partial charge in [0.25, 0.3) is 21.8 Å². The largest absolute Gasteiger partial charge is 0.295 e. The molecule has 0 aliphatic carbocycles. The van der Waals surface area contributed by atoms with Crippen LogP contribution in [-0.2, 0) is 16.6 Å². The number of nitrogens with one attached hydrogen (secondary N) is 1. The Morgan fingerprint density at radius 1 is 1.07 bits per heavy atom. The number of anilines is 1. The Morgan fingerprint density at radius 2 is 1.80 bits per heavy atom. The van der Waals surface area contributed by atoms with Crippen LogP contribution in [0.25, 0.3) is 0 Å². The number of aromatic nitrogens is 1. The number of hydrogen-bond acceptors (Lipinski definition) is 7. The third-order valence-corrected chi connectivity index (χ3v) is 7.43. The van der Waals surface area contributed by atoms with Gasteiger partial charge in [-0.25, -0.2) is 8.42 Å². The Hall–Kier alpha value is -3.37. The second kappa shape index (κ2) is 7.47. The van der Waals surface area contributed by atoms with Crippen molar-refractivity contribution in [1.29, 1.82) is 0 Å². The molecule has 0 unspecified atom stereocenters. The highest BCUT2D eigenvalue weighted by Crippen LogP contribution is 2.28. The fourth-order valence-electron chi connectivity index (χ4n) is 2.98. The van der Waals surface area contributed by atoms with Crippen molar-refractivity contribution >= 4 is 44.6 Å². The van der Waals surface area contributed by atoms with Gasteiger partial charge in [-0.15, -0.1) is 11.3 Å². The first-order valence-electron chi connectivity index (χ1n) is 8.80. The van der Waals surface area contributed by atoms with Crippen LogP contribution in [-0.4, -0.2) is 35.9 Å². The summed E-state index contributed by atoms with van der Waals surface area (Å²) in [7, 11) is -3.86. The second-order valence-corrected chi connectivity index (χ2v) is 9.63. The SMILES string of the molecule is CC(=O)c1ccc(NS(=O)(=O)c2ccc(CN3C(=O)c4cccnc4C3=O)s2)cc1. The van der Waals surface area contributed by atoms with Gasteiger partial charge in [0.15, 0.2) is 5.78 Å². The predicted octanol–water partition coefficient (Wildman–Crippen LogP) is 2.94. The highest BCUT2D eigenvalue weighted by molar-refractivity contribution is 7.94. The first-order chi connectivity index (χ1) is 14.3. The number of rotatable bonds is 6. The Kier molecular flexibility index (Phi) is 4.96. The van der Waals surface area contributed by atoms with E-state index in [0.717, 1.165) is 16.2 Å². The van der Waals surface area contributed by atoms with Crippen LogP contribution >= 0.6 is 11.3 Å². The fourth-order valence-corrected chi connectivity index (χ4v) is 5.38. The summed E-state index contributed by atoms with van der Waals surface area (Å²) in [5, 5.41) is 0. The summed E-state index contributed by atoms with van der Waals surface area (Å²) in [6, 6.07) is 12.2. The maximum Gasteiger partial charge on any atom is 0.280 e. The van der Waals surface area contributed by atoms with E-state index in [0.29, 0.717) is 16.1 Å². The van der Waals surface area contributed by atoms with Gasteiger partial charge in [0.2, 0.25) is 0 Å².